The van der Waals surface area contributed by atoms with Crippen LogP contribution in [0, 0.1) is 10.7 Å². The third-order valence-electron chi connectivity index (χ3n) is 8.98. The summed E-state index contributed by atoms with van der Waals surface area (Å²) in [6.07, 6.45) is 3.80. The number of benzene rings is 2. The van der Waals surface area contributed by atoms with Gasteiger partial charge in [-0.3, -0.25) is 9.80 Å². The fraction of sp³-hybridized carbons (Fsp3) is 0.559. The van der Waals surface area contributed by atoms with Gasteiger partial charge in [0.15, 0.2) is 0 Å². The van der Waals surface area contributed by atoms with Crippen molar-refractivity contribution in [1.82, 2.24) is 19.6 Å². The minimum Gasteiger partial charge on any atom is -0.507 e. The average Bonchev–Trinajstić information content (AvgIpc) is 3.42. The number of nitrogens with zero attached hydrogens (tertiary/aromatic N) is 4. The van der Waals surface area contributed by atoms with E-state index in [-0.39, 0.29) is 13.2 Å². The summed E-state index contributed by atoms with van der Waals surface area (Å²) in [4.78, 5) is 11.1. The van der Waals surface area contributed by atoms with Crippen LogP contribution in [0.1, 0.15) is 42.4 Å². The van der Waals surface area contributed by atoms with Crippen LogP contribution in [-0.4, -0.2) is 114 Å². The molecule has 7 nitrogen and oxygen atoms in total. The van der Waals surface area contributed by atoms with Crippen LogP contribution in [-0.2, 0) is 13.1 Å². The van der Waals surface area contributed by atoms with Crippen molar-refractivity contribution in [3.63, 3.8) is 0 Å². The van der Waals surface area contributed by atoms with Crippen molar-refractivity contribution >= 4 is 32.9 Å². The number of aliphatic hydroxyl groups is 2. The third-order valence-corrected chi connectivity index (χ3v) is 12.1. The third kappa shape index (κ3) is 8.96. The van der Waals surface area contributed by atoms with Crippen molar-refractivity contribution < 1.29 is 15.3 Å². The SMILES string of the molecule is Cc1ccc(-c2c(-c3cc(CN4CCN(CCCCO)CC4)c(O)c(CN4CCN(CCCCO)CC4)c3)ssc2=S)cc1. The molecule has 1 aromatic heterocycles. The van der Waals surface area contributed by atoms with Gasteiger partial charge in [-0.1, -0.05) is 62.7 Å². The molecule has 3 aromatic rings. The van der Waals surface area contributed by atoms with E-state index in [9.17, 15) is 5.11 Å². The van der Waals surface area contributed by atoms with Gasteiger partial charge in [0.05, 0.1) is 4.88 Å². The number of rotatable bonds is 14. The Labute approximate surface area is 275 Å². The molecule has 2 fully saturated rings. The van der Waals surface area contributed by atoms with Crippen molar-refractivity contribution in [3.8, 4) is 27.3 Å². The molecule has 0 radical (unpaired) electrons. The van der Waals surface area contributed by atoms with Gasteiger partial charge in [0, 0.05) is 95.4 Å². The lowest BCUT2D eigenvalue weighted by atomic mass is 9.97. The topological polar surface area (TPSA) is 73.7 Å². The van der Waals surface area contributed by atoms with Crippen LogP contribution in [0.5, 0.6) is 5.75 Å². The Morgan fingerprint density at radius 3 is 1.61 bits per heavy atom. The molecule has 2 aromatic carbocycles. The van der Waals surface area contributed by atoms with E-state index in [0.717, 1.165) is 136 Å². The van der Waals surface area contributed by atoms with E-state index < -0.39 is 0 Å². The summed E-state index contributed by atoms with van der Waals surface area (Å²) in [7, 11) is 3.40. The molecule has 0 atom stereocenters. The highest BCUT2D eigenvalue weighted by Gasteiger charge is 2.23. The number of phenols is 1. The van der Waals surface area contributed by atoms with Crippen LogP contribution in [0.2, 0.25) is 0 Å². The second-order valence-electron chi connectivity index (χ2n) is 12.3. The van der Waals surface area contributed by atoms with E-state index >= 15 is 0 Å². The predicted molar refractivity (Wildman–Crippen MR) is 186 cm³/mol. The molecule has 2 aliphatic heterocycles. The maximum absolute atomic E-state index is 11.7. The predicted octanol–water partition coefficient (Wildman–Crippen LogP) is 5.67. The smallest absolute Gasteiger partial charge is 0.124 e. The molecule has 3 heterocycles. The van der Waals surface area contributed by atoms with Crippen molar-refractivity contribution in [2.45, 2.75) is 45.7 Å². The first-order chi connectivity index (χ1) is 21.4. The zero-order chi connectivity index (χ0) is 30.9. The molecule has 44 heavy (non-hydrogen) atoms. The normalized spacial score (nSPS) is 17.4. The number of aryl methyl sites for hydroxylation is 1. The minimum absolute atomic E-state index is 0.266. The highest BCUT2D eigenvalue weighted by molar-refractivity contribution is 7.80. The second kappa shape index (κ2) is 16.7. The fourth-order valence-corrected chi connectivity index (χ4v) is 9.17. The quantitative estimate of drug-likeness (QED) is 0.117. The van der Waals surface area contributed by atoms with Gasteiger partial charge in [-0.05, 0) is 69.0 Å². The Balaban J connectivity index is 1.38. The molecule has 2 aliphatic rings. The van der Waals surface area contributed by atoms with Crippen molar-refractivity contribution in [2.24, 2.45) is 0 Å². The molecule has 0 unspecified atom stereocenters. The van der Waals surface area contributed by atoms with Crippen molar-refractivity contribution in [1.29, 1.82) is 0 Å². The zero-order valence-electron chi connectivity index (χ0n) is 26.0. The van der Waals surface area contributed by atoms with Crippen LogP contribution in [0.3, 0.4) is 0 Å². The summed E-state index contributed by atoms with van der Waals surface area (Å²) < 4.78 is 0.916. The summed E-state index contributed by atoms with van der Waals surface area (Å²) in [6.45, 7) is 14.1. The molecular formula is C34H48N4O3S3. The summed E-state index contributed by atoms with van der Waals surface area (Å²) in [6, 6.07) is 13.1. The molecule has 0 spiro atoms. The average molecular weight is 657 g/mol. The Morgan fingerprint density at radius 1 is 0.659 bits per heavy atom. The fourth-order valence-electron chi connectivity index (χ4n) is 6.27. The van der Waals surface area contributed by atoms with Gasteiger partial charge in [-0.2, -0.15) is 0 Å². The molecule has 0 bridgehead atoms. The summed E-state index contributed by atoms with van der Waals surface area (Å²) in [5.74, 6) is 0.431. The maximum atomic E-state index is 11.7. The highest BCUT2D eigenvalue weighted by atomic mass is 32.9. The van der Waals surface area contributed by atoms with Crippen LogP contribution >= 0.6 is 32.9 Å². The van der Waals surface area contributed by atoms with E-state index in [1.807, 2.05) is 0 Å². The van der Waals surface area contributed by atoms with Gasteiger partial charge in [-0.25, -0.2) is 0 Å². The van der Waals surface area contributed by atoms with Crippen LogP contribution < -0.4 is 0 Å². The van der Waals surface area contributed by atoms with Crippen LogP contribution in [0.4, 0.5) is 0 Å². The first-order valence-electron chi connectivity index (χ1n) is 16.1. The molecular weight excluding hydrogens is 609 g/mol. The molecule has 0 saturated carbocycles. The van der Waals surface area contributed by atoms with Gasteiger partial charge < -0.3 is 25.1 Å². The molecule has 10 heteroatoms. The van der Waals surface area contributed by atoms with Crippen molar-refractivity contribution in [3.05, 3.63) is 56.9 Å². The Morgan fingerprint density at radius 2 is 1.14 bits per heavy atom. The monoisotopic (exact) mass is 656 g/mol. The van der Waals surface area contributed by atoms with E-state index in [1.165, 1.54) is 10.4 Å². The van der Waals surface area contributed by atoms with E-state index in [4.69, 9.17) is 22.4 Å². The number of hydrogen-bond donors (Lipinski definition) is 3. The molecule has 2 saturated heterocycles. The van der Waals surface area contributed by atoms with Gasteiger partial charge >= 0.3 is 0 Å². The molecule has 0 aliphatic carbocycles. The Kier molecular flexibility index (Phi) is 12.8. The van der Waals surface area contributed by atoms with Crippen LogP contribution in [0.15, 0.2) is 36.4 Å². The van der Waals surface area contributed by atoms with Crippen molar-refractivity contribution in [2.75, 3.05) is 78.7 Å². The van der Waals surface area contributed by atoms with Crippen LogP contribution in [0.25, 0.3) is 21.6 Å². The molecule has 3 N–H and O–H groups in total. The lowest BCUT2D eigenvalue weighted by Crippen LogP contribution is -2.46. The Hall–Kier alpha value is -1.73. The number of piperazine rings is 2. The summed E-state index contributed by atoms with van der Waals surface area (Å²) in [5, 5.41) is 30.0. The zero-order valence-corrected chi connectivity index (χ0v) is 28.5. The molecule has 0 amide bonds. The first kappa shape index (κ1) is 33.6. The Bertz CT molecular complexity index is 1320. The second-order valence-corrected chi connectivity index (χ2v) is 15.1. The largest absolute Gasteiger partial charge is 0.507 e. The van der Waals surface area contributed by atoms with E-state index in [2.05, 4.69) is 62.9 Å². The maximum Gasteiger partial charge on any atom is 0.124 e. The molecule has 5 rings (SSSR count). The van der Waals surface area contributed by atoms with E-state index in [1.54, 1.807) is 20.7 Å². The number of hydrogen-bond acceptors (Lipinski definition) is 10. The number of unbranched alkanes of at least 4 members (excludes halogenated alkanes) is 2. The molecule has 240 valence electrons. The van der Waals surface area contributed by atoms with Gasteiger partial charge in [0.25, 0.3) is 0 Å². The summed E-state index contributed by atoms with van der Waals surface area (Å²) >= 11 is 5.86. The lowest BCUT2D eigenvalue weighted by Gasteiger charge is -2.36. The number of aliphatic hydroxyl groups excluding tert-OH is 2. The summed E-state index contributed by atoms with van der Waals surface area (Å²) in [5.41, 5.74) is 6.65. The number of aromatic hydroxyl groups is 1. The van der Waals surface area contributed by atoms with Gasteiger partial charge in [0.1, 0.15) is 9.57 Å². The van der Waals surface area contributed by atoms with E-state index in [0.29, 0.717) is 5.75 Å². The minimum atomic E-state index is 0.266. The van der Waals surface area contributed by atoms with Gasteiger partial charge in [0.2, 0.25) is 0 Å². The lowest BCUT2D eigenvalue weighted by molar-refractivity contribution is 0.121. The number of phenolic OH excluding ortho intramolecular Hbond substituents is 1. The highest BCUT2D eigenvalue weighted by Crippen LogP contribution is 2.43. The standard InChI is InChI=1S/C34H48N4O3S3/c1-26-6-8-27(9-7-26)31-33(43-44-34(31)42)28-22-29(24-37-16-12-35(13-17-37)10-2-4-20-39)32(41)30(23-28)25-38-18-14-36(15-19-38)11-3-5-21-40/h6-9,22-23,39-41H,2-5,10-21,24-25H2,1H3. The van der Waals surface area contributed by atoms with Gasteiger partial charge in [-0.15, -0.1) is 0 Å². The first-order valence-corrected chi connectivity index (χ1v) is 18.7.